The first-order valence-electron chi connectivity index (χ1n) is 7.33. The third-order valence-corrected chi connectivity index (χ3v) is 4.28. The smallest absolute Gasteiger partial charge is 0.0183 e. The summed E-state index contributed by atoms with van der Waals surface area (Å²) in [4.78, 5) is 0. The molecule has 1 heteroatoms. The van der Waals surface area contributed by atoms with Gasteiger partial charge >= 0.3 is 0 Å². The number of hydrogen-bond acceptors (Lipinski definition) is 1. The van der Waals surface area contributed by atoms with Crippen LogP contribution in [0, 0.1) is 5.41 Å². The summed E-state index contributed by atoms with van der Waals surface area (Å²) >= 11 is 0. The molecule has 0 saturated heterocycles. The highest BCUT2D eigenvalue weighted by atomic mass is 14.3. The lowest BCUT2D eigenvalue weighted by Crippen LogP contribution is -1.87. The van der Waals surface area contributed by atoms with E-state index in [4.69, 9.17) is 5.41 Å². The number of hydrogen-bond donors (Lipinski definition) is 1. The molecule has 0 bridgehead atoms. The minimum absolute atomic E-state index is 0.973. The van der Waals surface area contributed by atoms with Gasteiger partial charge in [0.15, 0.2) is 0 Å². The van der Waals surface area contributed by atoms with Crippen molar-refractivity contribution in [3.63, 3.8) is 0 Å². The molecule has 0 radical (unpaired) electrons. The van der Waals surface area contributed by atoms with E-state index in [1.54, 1.807) is 12.2 Å². The average Bonchev–Trinajstić information content (AvgIpc) is 2.57. The molecule has 1 nitrogen and oxygen atoms in total. The maximum absolute atomic E-state index is 7.30. The molecule has 0 heterocycles. The Morgan fingerprint density at radius 1 is 0.818 bits per heavy atom. The molecule has 0 saturated carbocycles. The van der Waals surface area contributed by atoms with Crippen LogP contribution < -0.4 is 0 Å². The SMILES string of the molecule is C=C/C(=C\C=N)c1cc2ccc3cccc4ccc(c1)c2c34. The summed E-state index contributed by atoms with van der Waals surface area (Å²) in [7, 11) is 0. The number of allylic oxidation sites excluding steroid dienone is 3. The molecule has 104 valence electrons. The standard InChI is InChI=1S/C21H15N/c1-2-14(10-11-22)19-12-17-8-6-15-4-3-5-16-7-9-18(13-19)21(17)20(15)16/h2-13,22H,1H2/b14-10+,22-11?. The molecule has 4 rings (SSSR count). The van der Waals surface area contributed by atoms with Crippen LogP contribution in [-0.4, -0.2) is 6.21 Å². The summed E-state index contributed by atoms with van der Waals surface area (Å²) < 4.78 is 0. The van der Waals surface area contributed by atoms with Gasteiger partial charge in [-0.25, -0.2) is 0 Å². The summed E-state index contributed by atoms with van der Waals surface area (Å²) in [6.07, 6.45) is 4.89. The predicted octanol–water partition coefficient (Wildman–Crippen LogP) is 5.80. The summed E-state index contributed by atoms with van der Waals surface area (Å²) in [6.45, 7) is 3.86. The van der Waals surface area contributed by atoms with Gasteiger partial charge in [0.05, 0.1) is 0 Å². The first-order chi connectivity index (χ1) is 10.8. The lowest BCUT2D eigenvalue weighted by Gasteiger charge is -2.12. The maximum atomic E-state index is 7.30. The second-order valence-electron chi connectivity index (χ2n) is 5.50. The summed E-state index contributed by atoms with van der Waals surface area (Å²) in [5.41, 5.74) is 2.07. The minimum Gasteiger partial charge on any atom is -0.309 e. The number of nitrogens with one attached hydrogen (secondary N) is 1. The van der Waals surface area contributed by atoms with E-state index in [-0.39, 0.29) is 0 Å². The van der Waals surface area contributed by atoms with Crippen molar-refractivity contribution in [1.82, 2.24) is 0 Å². The molecular formula is C21H15N. The van der Waals surface area contributed by atoms with Crippen LogP contribution >= 0.6 is 0 Å². The molecule has 0 fully saturated rings. The fraction of sp³-hybridized carbons (Fsp3) is 0. The van der Waals surface area contributed by atoms with Crippen LogP contribution in [0.5, 0.6) is 0 Å². The van der Waals surface area contributed by atoms with Crippen LogP contribution in [0.1, 0.15) is 5.56 Å². The minimum atomic E-state index is 0.973. The van der Waals surface area contributed by atoms with Crippen LogP contribution in [0.3, 0.4) is 0 Å². The van der Waals surface area contributed by atoms with Crippen LogP contribution in [0.4, 0.5) is 0 Å². The van der Waals surface area contributed by atoms with Crippen LogP contribution in [-0.2, 0) is 0 Å². The van der Waals surface area contributed by atoms with E-state index >= 15 is 0 Å². The maximum Gasteiger partial charge on any atom is 0.0183 e. The summed E-state index contributed by atoms with van der Waals surface area (Å²) in [5.74, 6) is 0. The van der Waals surface area contributed by atoms with Gasteiger partial charge in [-0.05, 0) is 61.7 Å². The van der Waals surface area contributed by atoms with Crippen LogP contribution in [0.2, 0.25) is 0 Å². The van der Waals surface area contributed by atoms with E-state index in [2.05, 4.69) is 61.2 Å². The molecule has 0 aliphatic carbocycles. The summed E-state index contributed by atoms with van der Waals surface area (Å²) in [5, 5.41) is 15.0. The summed E-state index contributed by atoms with van der Waals surface area (Å²) in [6, 6.07) is 19.5. The quantitative estimate of drug-likeness (QED) is 0.278. The Kier molecular flexibility index (Phi) is 2.80. The first-order valence-corrected chi connectivity index (χ1v) is 7.33. The third kappa shape index (κ3) is 1.76. The van der Waals surface area contributed by atoms with Crippen LogP contribution in [0.15, 0.2) is 73.3 Å². The van der Waals surface area contributed by atoms with E-state index < -0.39 is 0 Å². The lowest BCUT2D eigenvalue weighted by atomic mass is 9.91. The van der Waals surface area contributed by atoms with Crippen molar-refractivity contribution in [2.75, 3.05) is 0 Å². The number of rotatable bonds is 3. The zero-order chi connectivity index (χ0) is 15.1. The van der Waals surface area contributed by atoms with E-state index in [0.29, 0.717) is 0 Å². The van der Waals surface area contributed by atoms with Crippen molar-refractivity contribution < 1.29 is 0 Å². The molecule has 4 aromatic carbocycles. The van der Waals surface area contributed by atoms with Gasteiger partial charge in [0.25, 0.3) is 0 Å². The van der Waals surface area contributed by atoms with Gasteiger partial charge in [0.1, 0.15) is 0 Å². The molecule has 0 unspecified atom stereocenters. The molecule has 0 atom stereocenters. The molecule has 1 N–H and O–H groups in total. The van der Waals surface area contributed by atoms with E-state index in [9.17, 15) is 0 Å². The van der Waals surface area contributed by atoms with Gasteiger partial charge in [-0.1, -0.05) is 55.1 Å². The average molecular weight is 281 g/mol. The highest BCUT2D eigenvalue weighted by molar-refractivity contribution is 6.23. The van der Waals surface area contributed by atoms with E-state index in [1.165, 1.54) is 38.5 Å². The monoisotopic (exact) mass is 281 g/mol. The third-order valence-electron chi connectivity index (χ3n) is 4.28. The van der Waals surface area contributed by atoms with Gasteiger partial charge in [0, 0.05) is 6.21 Å². The molecule has 0 amide bonds. The molecule has 0 spiro atoms. The van der Waals surface area contributed by atoms with Crippen molar-refractivity contribution in [2.24, 2.45) is 0 Å². The Labute approximate surface area is 129 Å². The molecule has 0 aromatic heterocycles. The fourth-order valence-electron chi connectivity index (χ4n) is 3.29. The van der Waals surface area contributed by atoms with E-state index in [0.717, 1.165) is 11.1 Å². The molecule has 4 aromatic rings. The van der Waals surface area contributed by atoms with Crippen molar-refractivity contribution >= 4 is 44.1 Å². The molecule has 0 aliphatic heterocycles. The van der Waals surface area contributed by atoms with Crippen molar-refractivity contribution in [3.05, 3.63) is 78.9 Å². The number of benzene rings is 4. The lowest BCUT2D eigenvalue weighted by molar-refractivity contribution is 1.58. The largest absolute Gasteiger partial charge is 0.309 e. The van der Waals surface area contributed by atoms with Crippen molar-refractivity contribution in [2.45, 2.75) is 0 Å². The highest BCUT2D eigenvalue weighted by Gasteiger charge is 2.09. The topological polar surface area (TPSA) is 23.9 Å². The van der Waals surface area contributed by atoms with Gasteiger partial charge in [0.2, 0.25) is 0 Å². The second-order valence-corrected chi connectivity index (χ2v) is 5.50. The predicted molar refractivity (Wildman–Crippen MR) is 97.1 cm³/mol. The van der Waals surface area contributed by atoms with Crippen molar-refractivity contribution in [3.8, 4) is 0 Å². The van der Waals surface area contributed by atoms with Gasteiger partial charge in [-0.2, -0.15) is 0 Å². The fourth-order valence-corrected chi connectivity index (χ4v) is 3.29. The Hall–Kier alpha value is -2.93. The molecular weight excluding hydrogens is 266 g/mol. The second kappa shape index (κ2) is 4.81. The normalized spacial score (nSPS) is 12.3. The first kappa shape index (κ1) is 12.8. The van der Waals surface area contributed by atoms with Gasteiger partial charge in [-0.15, -0.1) is 0 Å². The van der Waals surface area contributed by atoms with E-state index in [1.807, 2.05) is 0 Å². The van der Waals surface area contributed by atoms with Crippen LogP contribution in [0.25, 0.3) is 37.9 Å². The highest BCUT2D eigenvalue weighted by Crippen LogP contribution is 2.36. The molecule has 0 aliphatic rings. The zero-order valence-electron chi connectivity index (χ0n) is 12.1. The van der Waals surface area contributed by atoms with Crippen molar-refractivity contribution in [1.29, 1.82) is 5.41 Å². The Morgan fingerprint density at radius 3 is 1.91 bits per heavy atom. The zero-order valence-corrected chi connectivity index (χ0v) is 12.1. The molecule has 22 heavy (non-hydrogen) atoms. The van der Waals surface area contributed by atoms with Gasteiger partial charge < -0.3 is 5.41 Å². The Morgan fingerprint density at radius 2 is 1.36 bits per heavy atom. The Bertz CT molecular complexity index is 990. The Balaban J connectivity index is 2.16. The van der Waals surface area contributed by atoms with Gasteiger partial charge in [-0.3, -0.25) is 0 Å².